The fourth-order valence-electron chi connectivity index (χ4n) is 5.82. The van der Waals surface area contributed by atoms with Crippen molar-refractivity contribution in [2.75, 3.05) is 0 Å². The Bertz CT molecular complexity index is 2080. The van der Waals surface area contributed by atoms with Gasteiger partial charge in [-0.3, -0.25) is 4.98 Å². The second-order valence-corrected chi connectivity index (χ2v) is 9.81. The molecule has 0 unspecified atom stereocenters. The molecule has 0 spiro atoms. The average molecular weight is 499 g/mol. The standard InChI is InChI=1S/C36H22N2O/c1-2-10-26-25(9-1)21-37-22-31(26)35-29-13-5-3-11-27(29)34(28-12-4-6-14-30(28)35)23-17-19-24(20-18-23)36-38-32-15-7-8-16-33(32)39-36/h1-22H. The maximum absolute atomic E-state index is 6.02. The Labute approximate surface area is 225 Å². The number of hydrogen-bond acceptors (Lipinski definition) is 3. The number of nitrogens with zero attached hydrogens (tertiary/aromatic N) is 2. The van der Waals surface area contributed by atoms with Crippen LogP contribution in [-0.4, -0.2) is 9.97 Å². The first-order valence-corrected chi connectivity index (χ1v) is 13.1. The molecule has 39 heavy (non-hydrogen) atoms. The van der Waals surface area contributed by atoms with Gasteiger partial charge in [0.25, 0.3) is 0 Å². The van der Waals surface area contributed by atoms with E-state index >= 15 is 0 Å². The van der Waals surface area contributed by atoms with Crippen molar-refractivity contribution in [3.8, 4) is 33.7 Å². The Morgan fingerprint density at radius 2 is 1.03 bits per heavy atom. The zero-order chi connectivity index (χ0) is 25.8. The van der Waals surface area contributed by atoms with Crippen LogP contribution in [0.25, 0.3) is 77.1 Å². The summed E-state index contributed by atoms with van der Waals surface area (Å²) >= 11 is 0. The number of oxazole rings is 1. The fraction of sp³-hybridized carbons (Fsp3) is 0. The lowest BCUT2D eigenvalue weighted by Crippen LogP contribution is -1.92. The molecule has 3 heteroatoms. The van der Waals surface area contributed by atoms with Crippen LogP contribution in [0.1, 0.15) is 0 Å². The number of rotatable bonds is 3. The van der Waals surface area contributed by atoms with Crippen LogP contribution in [0, 0.1) is 0 Å². The van der Waals surface area contributed by atoms with Gasteiger partial charge in [-0.25, -0.2) is 4.98 Å². The number of fused-ring (bicyclic) bond motifs is 4. The van der Waals surface area contributed by atoms with E-state index in [1.807, 2.05) is 36.7 Å². The number of benzene rings is 6. The Morgan fingerprint density at radius 3 is 1.72 bits per heavy atom. The summed E-state index contributed by atoms with van der Waals surface area (Å²) in [5.41, 5.74) is 7.38. The van der Waals surface area contributed by atoms with Gasteiger partial charge in [0.15, 0.2) is 5.58 Å². The van der Waals surface area contributed by atoms with Crippen molar-refractivity contribution in [3.63, 3.8) is 0 Å². The Balaban J connectivity index is 1.38. The Hall–Kier alpha value is -5.28. The lowest BCUT2D eigenvalue weighted by Gasteiger charge is -2.18. The smallest absolute Gasteiger partial charge is 0.227 e. The fourth-order valence-corrected chi connectivity index (χ4v) is 5.82. The summed E-state index contributed by atoms with van der Waals surface area (Å²) in [6, 6.07) is 42.3. The highest BCUT2D eigenvalue weighted by molar-refractivity contribution is 6.23. The molecule has 0 amide bonds. The molecule has 2 aromatic heterocycles. The lowest BCUT2D eigenvalue weighted by molar-refractivity contribution is 0.620. The number of para-hydroxylation sites is 2. The third kappa shape index (κ3) is 3.44. The second-order valence-electron chi connectivity index (χ2n) is 9.81. The van der Waals surface area contributed by atoms with E-state index in [1.165, 1.54) is 38.1 Å². The number of pyridine rings is 1. The highest BCUT2D eigenvalue weighted by Gasteiger charge is 2.18. The maximum atomic E-state index is 6.02. The summed E-state index contributed by atoms with van der Waals surface area (Å²) < 4.78 is 6.02. The first-order chi connectivity index (χ1) is 19.3. The molecule has 0 fully saturated rings. The van der Waals surface area contributed by atoms with Crippen LogP contribution in [0.3, 0.4) is 0 Å². The predicted octanol–water partition coefficient (Wildman–Crippen LogP) is 9.68. The van der Waals surface area contributed by atoms with Crippen LogP contribution in [0.2, 0.25) is 0 Å². The molecule has 0 bridgehead atoms. The molecule has 3 nitrogen and oxygen atoms in total. The van der Waals surface area contributed by atoms with Crippen molar-refractivity contribution in [1.29, 1.82) is 0 Å². The minimum atomic E-state index is 0.635. The van der Waals surface area contributed by atoms with Gasteiger partial charge in [-0.15, -0.1) is 0 Å². The molecule has 0 saturated carbocycles. The van der Waals surface area contributed by atoms with E-state index in [9.17, 15) is 0 Å². The summed E-state index contributed by atoms with van der Waals surface area (Å²) in [4.78, 5) is 9.31. The van der Waals surface area contributed by atoms with E-state index in [0.717, 1.165) is 33.2 Å². The molecule has 0 aliphatic carbocycles. The summed E-state index contributed by atoms with van der Waals surface area (Å²) in [7, 11) is 0. The second kappa shape index (κ2) is 8.64. The van der Waals surface area contributed by atoms with Gasteiger partial charge in [0.05, 0.1) is 0 Å². The van der Waals surface area contributed by atoms with Crippen LogP contribution >= 0.6 is 0 Å². The van der Waals surface area contributed by atoms with Gasteiger partial charge in [-0.05, 0) is 67.9 Å². The molecule has 2 heterocycles. The van der Waals surface area contributed by atoms with Crippen molar-refractivity contribution >= 4 is 43.4 Å². The zero-order valence-electron chi connectivity index (χ0n) is 21.0. The first-order valence-electron chi connectivity index (χ1n) is 13.1. The summed E-state index contributed by atoms with van der Waals surface area (Å²) in [5, 5.41) is 7.21. The topological polar surface area (TPSA) is 38.9 Å². The Kier molecular flexibility index (Phi) is 4.82. The van der Waals surface area contributed by atoms with Crippen LogP contribution in [0.4, 0.5) is 0 Å². The molecule has 8 rings (SSSR count). The third-order valence-corrected chi connectivity index (χ3v) is 7.58. The van der Waals surface area contributed by atoms with E-state index in [0.29, 0.717) is 5.89 Å². The van der Waals surface area contributed by atoms with E-state index in [2.05, 4.69) is 107 Å². The molecule has 0 aliphatic heterocycles. The van der Waals surface area contributed by atoms with Gasteiger partial charge in [0.1, 0.15) is 5.52 Å². The zero-order valence-corrected chi connectivity index (χ0v) is 21.0. The van der Waals surface area contributed by atoms with Crippen LogP contribution in [-0.2, 0) is 0 Å². The largest absolute Gasteiger partial charge is 0.436 e. The molecule has 182 valence electrons. The van der Waals surface area contributed by atoms with Crippen LogP contribution in [0.5, 0.6) is 0 Å². The average Bonchev–Trinajstić information content (AvgIpc) is 3.44. The molecular weight excluding hydrogens is 476 g/mol. The molecule has 0 atom stereocenters. The summed E-state index contributed by atoms with van der Waals surface area (Å²) in [5.74, 6) is 0.635. The van der Waals surface area contributed by atoms with E-state index in [4.69, 9.17) is 4.42 Å². The van der Waals surface area contributed by atoms with E-state index in [1.54, 1.807) is 0 Å². The monoisotopic (exact) mass is 498 g/mol. The third-order valence-electron chi connectivity index (χ3n) is 7.58. The molecular formula is C36H22N2O. The van der Waals surface area contributed by atoms with Crippen molar-refractivity contribution < 1.29 is 4.42 Å². The van der Waals surface area contributed by atoms with Crippen molar-refractivity contribution in [2.45, 2.75) is 0 Å². The molecule has 0 saturated heterocycles. The van der Waals surface area contributed by atoms with Crippen LogP contribution < -0.4 is 0 Å². The predicted molar refractivity (Wildman–Crippen MR) is 161 cm³/mol. The molecule has 6 aromatic carbocycles. The van der Waals surface area contributed by atoms with Crippen molar-refractivity contribution in [2.24, 2.45) is 0 Å². The summed E-state index contributed by atoms with van der Waals surface area (Å²) in [6.07, 6.45) is 3.95. The normalized spacial score (nSPS) is 11.6. The van der Waals surface area contributed by atoms with E-state index in [-0.39, 0.29) is 0 Å². The van der Waals surface area contributed by atoms with Gasteiger partial charge in [-0.2, -0.15) is 0 Å². The maximum Gasteiger partial charge on any atom is 0.227 e. The highest BCUT2D eigenvalue weighted by Crippen LogP contribution is 2.45. The molecule has 0 N–H and O–H groups in total. The summed E-state index contributed by atoms with van der Waals surface area (Å²) in [6.45, 7) is 0. The van der Waals surface area contributed by atoms with Gasteiger partial charge in [-0.1, -0.05) is 97.1 Å². The molecule has 0 aliphatic rings. The molecule has 8 aromatic rings. The number of aromatic nitrogens is 2. The van der Waals surface area contributed by atoms with Gasteiger partial charge < -0.3 is 4.42 Å². The SMILES string of the molecule is c1ccc2c(-c3c4ccccc4c(-c4ccc(-c5nc6ccccc6o5)cc4)c4ccccc34)cncc2c1. The van der Waals surface area contributed by atoms with Crippen molar-refractivity contribution in [1.82, 2.24) is 9.97 Å². The quantitative estimate of drug-likeness (QED) is 0.228. The van der Waals surface area contributed by atoms with Gasteiger partial charge >= 0.3 is 0 Å². The highest BCUT2D eigenvalue weighted by atomic mass is 16.3. The van der Waals surface area contributed by atoms with Gasteiger partial charge in [0, 0.05) is 28.9 Å². The minimum Gasteiger partial charge on any atom is -0.436 e. The van der Waals surface area contributed by atoms with Gasteiger partial charge in [0.2, 0.25) is 5.89 Å². The van der Waals surface area contributed by atoms with Crippen LogP contribution in [0.15, 0.2) is 138 Å². The lowest BCUT2D eigenvalue weighted by atomic mass is 9.85. The number of hydrogen-bond donors (Lipinski definition) is 0. The minimum absolute atomic E-state index is 0.635. The molecule has 0 radical (unpaired) electrons. The van der Waals surface area contributed by atoms with Crippen molar-refractivity contribution in [3.05, 3.63) is 134 Å². The van der Waals surface area contributed by atoms with E-state index < -0.39 is 0 Å². The Morgan fingerprint density at radius 1 is 0.462 bits per heavy atom. The first kappa shape index (κ1) is 21.8.